The van der Waals surface area contributed by atoms with E-state index in [9.17, 15) is 19.8 Å². The Bertz CT molecular complexity index is 275. The minimum atomic E-state index is -1.57. The van der Waals surface area contributed by atoms with E-state index in [2.05, 4.69) is 13.8 Å². The van der Waals surface area contributed by atoms with Crippen molar-refractivity contribution in [1.29, 1.82) is 0 Å². The van der Waals surface area contributed by atoms with E-state index >= 15 is 0 Å². The Morgan fingerprint density at radius 3 is 1.27 bits per heavy atom. The summed E-state index contributed by atoms with van der Waals surface area (Å²) in [7, 11) is 0. The van der Waals surface area contributed by atoms with Crippen LogP contribution in [0.25, 0.3) is 0 Å². The molecule has 0 saturated carbocycles. The fourth-order valence-electron chi connectivity index (χ4n) is 2.70. The second-order valence-corrected chi connectivity index (χ2v) is 6.02. The van der Waals surface area contributed by atoms with Gasteiger partial charge in [0, 0.05) is 0 Å². The third kappa shape index (κ3) is 8.85. The molecule has 0 aliphatic rings. The zero-order valence-electron chi connectivity index (χ0n) is 13.7. The van der Waals surface area contributed by atoms with Crippen molar-refractivity contribution < 1.29 is 19.8 Å². The second kappa shape index (κ2) is 14.2. The first-order valence-electron chi connectivity index (χ1n) is 8.48. The van der Waals surface area contributed by atoms with Gasteiger partial charge in [-0.05, 0) is 12.8 Å². The zero-order valence-corrected chi connectivity index (χ0v) is 13.7. The molecule has 0 radical (unpaired) electrons. The van der Waals surface area contributed by atoms with Crippen molar-refractivity contribution in [3.05, 3.63) is 0 Å². The summed E-state index contributed by atoms with van der Waals surface area (Å²) in [6.45, 7) is 4.24. The summed E-state index contributed by atoms with van der Waals surface area (Å²) in [5, 5.41) is 18.8. The molecule has 4 nitrogen and oxygen atoms in total. The van der Waals surface area contributed by atoms with E-state index < -0.39 is 17.4 Å². The van der Waals surface area contributed by atoms with E-state index in [1.54, 1.807) is 0 Å². The molecule has 0 amide bonds. The third-order valence-electron chi connectivity index (χ3n) is 4.23. The van der Waals surface area contributed by atoms with Crippen LogP contribution in [-0.2, 0) is 9.59 Å². The fraction of sp³-hybridized carbons (Fsp3) is 0.882. The van der Waals surface area contributed by atoms with Crippen LogP contribution in [0.1, 0.15) is 90.9 Å². The zero-order chi connectivity index (χ0) is 16.1. The van der Waals surface area contributed by atoms with Gasteiger partial charge in [0.15, 0.2) is 5.41 Å². The van der Waals surface area contributed by atoms with Crippen LogP contribution in [0.2, 0.25) is 0 Å². The van der Waals surface area contributed by atoms with Gasteiger partial charge < -0.3 is 10.2 Å². The molecular weight excluding hydrogens is 275 g/mol. The Morgan fingerprint density at radius 1 is 0.682 bits per heavy atom. The van der Waals surface area contributed by atoms with Crippen molar-refractivity contribution in [1.82, 2.24) is 0 Å². The number of carboxylic acid groups (broad SMARTS) is 2. The molecule has 0 rings (SSSR count). The number of carbonyl (C=O) groups is 2. The summed E-state index contributed by atoms with van der Waals surface area (Å²) < 4.78 is 0. The van der Waals surface area contributed by atoms with Crippen LogP contribution in [0.3, 0.4) is 0 Å². The number of rotatable bonds is 14. The molecule has 5 heteroatoms. The molecule has 0 aliphatic heterocycles. The van der Waals surface area contributed by atoms with Gasteiger partial charge in [0.05, 0.1) is 0 Å². The van der Waals surface area contributed by atoms with Crippen molar-refractivity contribution in [2.45, 2.75) is 90.9 Å². The van der Waals surface area contributed by atoms with Gasteiger partial charge >= 0.3 is 30.8 Å². The average molecular weight is 308 g/mol. The molecule has 0 heterocycles. The maximum absolute atomic E-state index is 11.5. The third-order valence-corrected chi connectivity index (χ3v) is 4.23. The van der Waals surface area contributed by atoms with Crippen LogP contribution in [0, 0.1) is 5.41 Å². The predicted molar refractivity (Wildman–Crippen MR) is 91.6 cm³/mol. The molecule has 0 aromatic carbocycles. The maximum atomic E-state index is 11.5. The van der Waals surface area contributed by atoms with E-state index in [0.717, 1.165) is 51.4 Å². The van der Waals surface area contributed by atoms with Crippen molar-refractivity contribution in [2.24, 2.45) is 5.41 Å². The van der Waals surface area contributed by atoms with Crippen molar-refractivity contribution in [3.63, 3.8) is 0 Å². The van der Waals surface area contributed by atoms with Crippen molar-refractivity contribution in [2.75, 3.05) is 0 Å². The molecular formula is C17H33LiO4. The standard InChI is InChI=1S/C17H32O4.Li.H/c1-3-5-7-9-11-13-17(15(18)19,16(20)21)14-12-10-8-6-4-2;;/h3-14H2,1-2H3,(H,18,19)(H,20,21);;. The van der Waals surface area contributed by atoms with Gasteiger partial charge in [-0.15, -0.1) is 0 Å². The van der Waals surface area contributed by atoms with E-state index in [0.29, 0.717) is 12.8 Å². The van der Waals surface area contributed by atoms with Crippen LogP contribution in [0.15, 0.2) is 0 Å². The Balaban J connectivity index is 0. The molecule has 0 unspecified atom stereocenters. The van der Waals surface area contributed by atoms with E-state index in [1.165, 1.54) is 0 Å². The van der Waals surface area contributed by atoms with Crippen molar-refractivity contribution >= 4 is 30.8 Å². The first-order valence-corrected chi connectivity index (χ1v) is 8.48. The normalized spacial score (nSPS) is 11.0. The number of hydrogen-bond donors (Lipinski definition) is 2. The Labute approximate surface area is 147 Å². The molecule has 0 saturated heterocycles. The molecule has 0 atom stereocenters. The van der Waals surface area contributed by atoms with Crippen LogP contribution in [-0.4, -0.2) is 41.0 Å². The molecule has 22 heavy (non-hydrogen) atoms. The van der Waals surface area contributed by atoms with Gasteiger partial charge in [-0.1, -0.05) is 78.1 Å². The van der Waals surface area contributed by atoms with Gasteiger partial charge in [0.1, 0.15) is 0 Å². The quantitative estimate of drug-likeness (QED) is 0.286. The first kappa shape index (κ1) is 23.8. The molecule has 0 bridgehead atoms. The molecule has 0 aliphatic carbocycles. The summed E-state index contributed by atoms with van der Waals surface area (Å²) >= 11 is 0. The van der Waals surface area contributed by atoms with E-state index in [-0.39, 0.29) is 31.7 Å². The van der Waals surface area contributed by atoms with Gasteiger partial charge in [-0.3, -0.25) is 9.59 Å². The summed E-state index contributed by atoms with van der Waals surface area (Å²) in [6.07, 6.45) is 10.4. The summed E-state index contributed by atoms with van der Waals surface area (Å²) in [4.78, 5) is 23.0. The van der Waals surface area contributed by atoms with Gasteiger partial charge in [-0.2, -0.15) is 0 Å². The Morgan fingerprint density at radius 2 is 1.00 bits per heavy atom. The van der Waals surface area contributed by atoms with Crippen LogP contribution < -0.4 is 0 Å². The Hall–Kier alpha value is -0.463. The van der Waals surface area contributed by atoms with Crippen LogP contribution in [0.5, 0.6) is 0 Å². The number of hydrogen-bond acceptors (Lipinski definition) is 2. The second-order valence-electron chi connectivity index (χ2n) is 6.02. The first-order chi connectivity index (χ1) is 10.0. The van der Waals surface area contributed by atoms with Crippen LogP contribution >= 0.6 is 0 Å². The Kier molecular flexibility index (Phi) is 15.3. The van der Waals surface area contributed by atoms with Crippen LogP contribution in [0.4, 0.5) is 0 Å². The van der Waals surface area contributed by atoms with Gasteiger partial charge in [0.25, 0.3) is 0 Å². The minimum absolute atomic E-state index is 0. The summed E-state index contributed by atoms with van der Waals surface area (Å²) in [5.74, 6) is -2.33. The van der Waals surface area contributed by atoms with E-state index in [1.807, 2.05) is 0 Å². The van der Waals surface area contributed by atoms with Gasteiger partial charge in [0.2, 0.25) is 0 Å². The molecule has 126 valence electrons. The number of aliphatic carboxylic acids is 2. The number of unbranched alkanes of at least 4 members (excludes halogenated alkanes) is 8. The molecule has 0 fully saturated rings. The van der Waals surface area contributed by atoms with Crippen molar-refractivity contribution in [3.8, 4) is 0 Å². The molecule has 0 aromatic rings. The summed E-state index contributed by atoms with van der Waals surface area (Å²) in [6, 6.07) is 0. The SMILES string of the molecule is CCCCCCCC(CCCCCCC)(C(=O)O)C(=O)O.[LiH]. The van der Waals surface area contributed by atoms with E-state index in [4.69, 9.17) is 0 Å². The molecule has 2 N–H and O–H groups in total. The molecule has 0 aromatic heterocycles. The number of carboxylic acids is 2. The fourth-order valence-corrected chi connectivity index (χ4v) is 2.70. The summed E-state index contributed by atoms with van der Waals surface area (Å²) in [5.41, 5.74) is -1.57. The monoisotopic (exact) mass is 308 g/mol. The topological polar surface area (TPSA) is 74.6 Å². The van der Waals surface area contributed by atoms with Gasteiger partial charge in [-0.25, -0.2) is 0 Å². The average Bonchev–Trinajstić information content (AvgIpc) is 2.44. The predicted octanol–water partition coefficient (Wildman–Crippen LogP) is 4.21. The molecule has 0 spiro atoms.